The number of rotatable bonds is 8. The predicted molar refractivity (Wildman–Crippen MR) is 147 cm³/mol. The number of carbonyl (C=O) groups excluding carboxylic acids is 2. The first-order valence-corrected chi connectivity index (χ1v) is 13.7. The zero-order valence-electron chi connectivity index (χ0n) is 22.1. The zero-order valence-corrected chi connectivity index (χ0v) is 22.9. The third-order valence-corrected chi connectivity index (χ3v) is 7.73. The predicted octanol–water partition coefficient (Wildman–Crippen LogP) is 6.18. The molecule has 3 amide bonds. The Hall–Kier alpha value is -3.64. The van der Waals surface area contributed by atoms with Gasteiger partial charge in [-0.15, -0.1) is 0 Å². The SMILES string of the molecule is CC1(C)C(=O)N(c2ccc(SC(F)(F)F)cc2)C(=O)N1Cc1ccnc(Nc2cncc(CN3CCCC3)c2)c1. The minimum Gasteiger partial charge on any atom is -0.339 e. The molecule has 2 aliphatic rings. The molecule has 8 nitrogen and oxygen atoms in total. The number of benzene rings is 1. The molecule has 40 heavy (non-hydrogen) atoms. The summed E-state index contributed by atoms with van der Waals surface area (Å²) in [6.07, 6.45) is 7.65. The first-order valence-electron chi connectivity index (χ1n) is 12.9. The molecule has 5 rings (SSSR count). The molecule has 1 aromatic carbocycles. The summed E-state index contributed by atoms with van der Waals surface area (Å²) < 4.78 is 38.1. The molecule has 2 aromatic heterocycles. The van der Waals surface area contributed by atoms with Crippen LogP contribution in [0.25, 0.3) is 0 Å². The number of likely N-dealkylation sites (tertiary alicyclic amines) is 1. The van der Waals surface area contributed by atoms with Gasteiger partial charge in [0.05, 0.1) is 17.6 Å². The Kier molecular flexibility index (Phi) is 7.74. The van der Waals surface area contributed by atoms with Crippen LogP contribution in [0.2, 0.25) is 0 Å². The summed E-state index contributed by atoms with van der Waals surface area (Å²) in [4.78, 5) is 40.3. The van der Waals surface area contributed by atoms with E-state index in [2.05, 4.69) is 20.2 Å². The molecule has 0 bridgehead atoms. The van der Waals surface area contributed by atoms with Crippen LogP contribution in [0.3, 0.4) is 0 Å². The number of aromatic nitrogens is 2. The Bertz CT molecular complexity index is 1390. The van der Waals surface area contributed by atoms with E-state index < -0.39 is 23.0 Å². The normalized spacial score (nSPS) is 17.6. The van der Waals surface area contributed by atoms with E-state index in [1.165, 1.54) is 42.0 Å². The van der Waals surface area contributed by atoms with Gasteiger partial charge in [-0.2, -0.15) is 13.2 Å². The maximum atomic E-state index is 13.4. The third-order valence-electron chi connectivity index (χ3n) is 6.99. The van der Waals surface area contributed by atoms with Crippen molar-refractivity contribution in [1.29, 1.82) is 0 Å². The highest BCUT2D eigenvalue weighted by atomic mass is 32.2. The van der Waals surface area contributed by atoms with Crippen molar-refractivity contribution >= 4 is 40.9 Å². The highest BCUT2D eigenvalue weighted by Crippen LogP contribution is 2.39. The Morgan fingerprint density at radius 1 is 0.975 bits per heavy atom. The number of hydrogen-bond donors (Lipinski definition) is 1. The number of pyridine rings is 2. The first kappa shape index (κ1) is 27.9. The summed E-state index contributed by atoms with van der Waals surface area (Å²) in [5, 5.41) is 3.28. The third kappa shape index (κ3) is 6.23. The molecule has 0 spiro atoms. The zero-order chi connectivity index (χ0) is 28.5. The van der Waals surface area contributed by atoms with Gasteiger partial charge in [-0.05, 0) is 105 Å². The Balaban J connectivity index is 1.29. The Morgan fingerprint density at radius 3 is 2.40 bits per heavy atom. The highest BCUT2D eigenvalue weighted by Gasteiger charge is 2.51. The molecular weight excluding hydrogens is 541 g/mol. The summed E-state index contributed by atoms with van der Waals surface area (Å²) in [5.74, 6) is 0.116. The Morgan fingerprint density at radius 2 is 1.70 bits per heavy atom. The highest BCUT2D eigenvalue weighted by molar-refractivity contribution is 8.00. The van der Waals surface area contributed by atoms with Crippen LogP contribution in [0, 0.1) is 0 Å². The number of anilines is 3. The number of nitrogens with one attached hydrogen (secondary N) is 1. The molecule has 0 unspecified atom stereocenters. The molecule has 0 aliphatic carbocycles. The van der Waals surface area contributed by atoms with Gasteiger partial charge in [0.1, 0.15) is 11.4 Å². The molecule has 2 saturated heterocycles. The van der Waals surface area contributed by atoms with Gasteiger partial charge < -0.3 is 10.2 Å². The molecule has 2 fully saturated rings. The number of nitrogens with zero attached hydrogens (tertiary/aromatic N) is 5. The van der Waals surface area contributed by atoms with Gasteiger partial charge in [-0.3, -0.25) is 14.7 Å². The molecule has 2 aliphatic heterocycles. The second-order valence-electron chi connectivity index (χ2n) is 10.3. The maximum absolute atomic E-state index is 13.4. The number of carbonyl (C=O) groups is 2. The van der Waals surface area contributed by atoms with E-state index in [1.807, 2.05) is 18.3 Å². The van der Waals surface area contributed by atoms with Crippen molar-refractivity contribution in [2.24, 2.45) is 0 Å². The van der Waals surface area contributed by atoms with Crippen LogP contribution in [0.5, 0.6) is 0 Å². The van der Waals surface area contributed by atoms with Gasteiger partial charge >= 0.3 is 11.5 Å². The number of alkyl halides is 3. The minimum absolute atomic E-state index is 0.0277. The lowest BCUT2D eigenvalue weighted by Crippen LogP contribution is -2.43. The van der Waals surface area contributed by atoms with Crippen LogP contribution >= 0.6 is 11.8 Å². The largest absolute Gasteiger partial charge is 0.446 e. The van der Waals surface area contributed by atoms with Crippen LogP contribution in [0.4, 0.5) is 35.2 Å². The number of imide groups is 1. The molecule has 1 N–H and O–H groups in total. The summed E-state index contributed by atoms with van der Waals surface area (Å²) in [7, 11) is 0. The van der Waals surface area contributed by atoms with E-state index in [9.17, 15) is 22.8 Å². The van der Waals surface area contributed by atoms with Crippen molar-refractivity contribution in [3.63, 3.8) is 0 Å². The number of thioether (sulfide) groups is 1. The maximum Gasteiger partial charge on any atom is 0.446 e. The van der Waals surface area contributed by atoms with Crippen molar-refractivity contribution in [2.45, 2.75) is 55.7 Å². The standard InChI is InChI=1S/C28H29F3N6O2S/c1-27(2)25(38)37(22-5-7-23(8-6-22)40-28(29,30)31)26(39)36(27)18-19-9-10-33-24(14-19)34-21-13-20(15-32-16-21)17-35-11-3-4-12-35/h5-10,13-16H,3-4,11-12,17-18H2,1-2H3,(H,33,34). The summed E-state index contributed by atoms with van der Waals surface area (Å²) in [5.41, 5.74) is -2.71. The molecular formula is C28H29F3N6O2S. The van der Waals surface area contributed by atoms with Gasteiger partial charge in [-0.1, -0.05) is 0 Å². The van der Waals surface area contributed by atoms with Crippen LogP contribution in [-0.2, 0) is 17.9 Å². The second kappa shape index (κ2) is 11.1. The lowest BCUT2D eigenvalue weighted by atomic mass is 10.0. The number of urea groups is 1. The lowest BCUT2D eigenvalue weighted by Gasteiger charge is -2.27. The topological polar surface area (TPSA) is 81.7 Å². The van der Waals surface area contributed by atoms with Crippen molar-refractivity contribution in [3.05, 3.63) is 72.2 Å². The monoisotopic (exact) mass is 570 g/mol. The number of hydrogen-bond acceptors (Lipinski definition) is 7. The van der Waals surface area contributed by atoms with Crippen molar-refractivity contribution < 1.29 is 22.8 Å². The van der Waals surface area contributed by atoms with Crippen LogP contribution in [0.15, 0.2) is 66.0 Å². The summed E-state index contributed by atoms with van der Waals surface area (Å²) >= 11 is -0.252. The van der Waals surface area contributed by atoms with Crippen LogP contribution in [-0.4, -0.2) is 55.8 Å². The second-order valence-corrected chi connectivity index (χ2v) is 11.5. The quantitative estimate of drug-likeness (QED) is 0.256. The lowest BCUT2D eigenvalue weighted by molar-refractivity contribution is -0.123. The van der Waals surface area contributed by atoms with E-state index in [4.69, 9.17) is 0 Å². The van der Waals surface area contributed by atoms with E-state index >= 15 is 0 Å². The molecule has 3 aromatic rings. The van der Waals surface area contributed by atoms with Crippen molar-refractivity contribution in [3.8, 4) is 0 Å². The first-order chi connectivity index (χ1) is 19.0. The van der Waals surface area contributed by atoms with Crippen LogP contribution in [0.1, 0.15) is 37.8 Å². The molecule has 12 heteroatoms. The Labute approximate surface area is 234 Å². The van der Waals surface area contributed by atoms with Gasteiger partial charge in [0.2, 0.25) is 0 Å². The minimum atomic E-state index is -4.43. The van der Waals surface area contributed by atoms with Gasteiger partial charge in [0.15, 0.2) is 0 Å². The van der Waals surface area contributed by atoms with Gasteiger partial charge in [0, 0.05) is 30.4 Å². The van der Waals surface area contributed by atoms with Crippen molar-refractivity contribution in [2.75, 3.05) is 23.3 Å². The van der Waals surface area contributed by atoms with Gasteiger partial charge in [-0.25, -0.2) is 14.7 Å². The molecule has 210 valence electrons. The molecule has 0 radical (unpaired) electrons. The van der Waals surface area contributed by atoms with E-state index in [1.54, 1.807) is 32.3 Å². The fourth-order valence-electron chi connectivity index (χ4n) is 4.94. The molecule has 0 saturated carbocycles. The molecule has 0 atom stereocenters. The molecule has 4 heterocycles. The summed E-state index contributed by atoms with van der Waals surface area (Å²) in [6.45, 7) is 6.47. The van der Waals surface area contributed by atoms with Crippen molar-refractivity contribution in [1.82, 2.24) is 19.8 Å². The summed E-state index contributed by atoms with van der Waals surface area (Å²) in [6, 6.07) is 10.3. The number of amides is 3. The number of halogens is 3. The fraction of sp³-hybridized carbons (Fsp3) is 0.357. The van der Waals surface area contributed by atoms with Crippen LogP contribution < -0.4 is 10.2 Å². The van der Waals surface area contributed by atoms with E-state index in [-0.39, 0.29) is 28.9 Å². The van der Waals surface area contributed by atoms with E-state index in [0.717, 1.165) is 41.3 Å². The average Bonchev–Trinajstić information content (AvgIpc) is 3.45. The average molecular weight is 571 g/mol. The van der Waals surface area contributed by atoms with E-state index in [0.29, 0.717) is 5.82 Å². The smallest absolute Gasteiger partial charge is 0.339 e. The van der Waals surface area contributed by atoms with Gasteiger partial charge in [0.25, 0.3) is 5.91 Å². The fourth-order valence-corrected chi connectivity index (χ4v) is 5.48.